The van der Waals surface area contributed by atoms with Crippen LogP contribution in [0.4, 0.5) is 0 Å². The van der Waals surface area contributed by atoms with Gasteiger partial charge in [-0.05, 0) is 74.0 Å². The lowest BCUT2D eigenvalue weighted by Gasteiger charge is -2.29. The molecule has 20 nitrogen and oxygen atoms in total. The number of carbonyl (C=O) groups excluding carboxylic acids is 8. The number of ether oxygens (including phenoxy) is 1. The van der Waals surface area contributed by atoms with Gasteiger partial charge in [0.15, 0.2) is 0 Å². The second-order valence-electron chi connectivity index (χ2n) is 21.4. The third kappa shape index (κ3) is 25.6. The Morgan fingerprint density at radius 1 is 0.507 bits per heavy atom. The lowest BCUT2D eigenvalue weighted by atomic mass is 9.98. The minimum absolute atomic E-state index is 0.0353. The molecule has 9 N–H and O–H groups in total. The van der Waals surface area contributed by atoms with E-state index in [4.69, 9.17) is 4.74 Å². The maximum absolute atomic E-state index is 14.1. The van der Waals surface area contributed by atoms with Gasteiger partial charge >= 0.3 is 17.9 Å². The summed E-state index contributed by atoms with van der Waals surface area (Å²) in [5.74, 6) is -10.6. The first-order valence-electron chi connectivity index (χ1n) is 25.9. The lowest BCUT2D eigenvalue weighted by molar-refractivity contribution is -0.156. The standard InChI is InChI=1S/C51H89N7O13/c1-13-33(12)19-17-15-14-16-18-20-34-26-40(59)52-35(21-22-41(60)61)45(64)53-36(23-28(2)3)46(65)54-37(24-29(4)5)48(67)57-43(31(8)9)50(69)56-39(27-42(62)63)47(66)55-38(25-30(6)7)49(68)58-44(32(10)11)51(70)71-34/h28-39,43-44H,13-27H2,1-12H3,(H,52,59)(H,53,64)(H,54,65)(H,55,66)(H,56,69)(H,57,67)(H,58,68)(H,60,61)(H,62,63)/t33?,34-,35+,36+,37-,38-,39+,43+,44+/m1/s1. The van der Waals surface area contributed by atoms with Crippen molar-refractivity contribution in [3.05, 3.63) is 0 Å². The zero-order valence-corrected chi connectivity index (χ0v) is 44.6. The summed E-state index contributed by atoms with van der Waals surface area (Å²) in [7, 11) is 0. The van der Waals surface area contributed by atoms with Crippen LogP contribution in [0.2, 0.25) is 0 Å². The Labute approximate surface area is 421 Å². The van der Waals surface area contributed by atoms with Gasteiger partial charge < -0.3 is 52.2 Å². The van der Waals surface area contributed by atoms with Crippen molar-refractivity contribution in [2.24, 2.45) is 35.5 Å². The van der Waals surface area contributed by atoms with Crippen LogP contribution in [-0.2, 0) is 52.7 Å². The largest absolute Gasteiger partial charge is 0.481 e. The van der Waals surface area contributed by atoms with E-state index < -0.39 is 139 Å². The molecule has 0 spiro atoms. The average molecular weight is 1010 g/mol. The fourth-order valence-electron chi connectivity index (χ4n) is 8.15. The fourth-order valence-corrected chi connectivity index (χ4v) is 8.15. The van der Waals surface area contributed by atoms with E-state index >= 15 is 0 Å². The number of hydrogen-bond donors (Lipinski definition) is 9. The molecule has 1 fully saturated rings. The zero-order valence-electron chi connectivity index (χ0n) is 44.6. The van der Waals surface area contributed by atoms with Gasteiger partial charge in [0.1, 0.15) is 48.4 Å². The summed E-state index contributed by atoms with van der Waals surface area (Å²) in [6.07, 6.45) is 3.63. The predicted octanol–water partition coefficient (Wildman–Crippen LogP) is 4.26. The van der Waals surface area contributed by atoms with Crippen LogP contribution >= 0.6 is 0 Å². The van der Waals surface area contributed by atoms with Gasteiger partial charge in [0.05, 0.1) is 12.8 Å². The Balaban J connectivity index is 3.95. The van der Waals surface area contributed by atoms with Crippen molar-refractivity contribution >= 4 is 59.3 Å². The van der Waals surface area contributed by atoms with Gasteiger partial charge in [0, 0.05) is 6.42 Å². The topological polar surface area (TPSA) is 305 Å². The Hall–Kier alpha value is -5.30. The maximum Gasteiger partial charge on any atom is 0.329 e. The molecule has 1 unspecified atom stereocenters. The number of hydrogen-bond acceptors (Lipinski definition) is 11. The number of amides is 7. The molecular formula is C51H89N7O13. The van der Waals surface area contributed by atoms with Gasteiger partial charge in [-0.1, -0.05) is 122 Å². The van der Waals surface area contributed by atoms with E-state index in [1.165, 1.54) is 0 Å². The van der Waals surface area contributed by atoms with Gasteiger partial charge in [-0.25, -0.2) is 4.79 Å². The van der Waals surface area contributed by atoms with Crippen LogP contribution in [0, 0.1) is 35.5 Å². The highest BCUT2D eigenvalue weighted by molar-refractivity contribution is 5.98. The van der Waals surface area contributed by atoms with Crippen LogP contribution in [0.25, 0.3) is 0 Å². The number of cyclic esters (lactones) is 1. The maximum atomic E-state index is 14.1. The minimum atomic E-state index is -1.72. The second kappa shape index (κ2) is 32.6. The van der Waals surface area contributed by atoms with E-state index in [2.05, 4.69) is 51.1 Å². The highest BCUT2D eigenvalue weighted by Gasteiger charge is 2.37. The summed E-state index contributed by atoms with van der Waals surface area (Å²) >= 11 is 0. The summed E-state index contributed by atoms with van der Waals surface area (Å²) in [6, 6.07) is -9.67. The average Bonchev–Trinajstić information content (AvgIpc) is 3.25. The van der Waals surface area contributed by atoms with Crippen LogP contribution < -0.4 is 37.2 Å². The van der Waals surface area contributed by atoms with Crippen molar-refractivity contribution in [2.45, 2.75) is 228 Å². The van der Waals surface area contributed by atoms with Gasteiger partial charge in [-0.2, -0.15) is 0 Å². The molecule has 1 aliphatic rings. The molecule has 1 rings (SSSR count). The van der Waals surface area contributed by atoms with Gasteiger partial charge in [-0.15, -0.1) is 0 Å². The van der Waals surface area contributed by atoms with Crippen molar-refractivity contribution in [2.75, 3.05) is 0 Å². The number of carboxylic acids is 2. The van der Waals surface area contributed by atoms with E-state index in [0.29, 0.717) is 12.3 Å². The van der Waals surface area contributed by atoms with E-state index in [0.717, 1.165) is 38.5 Å². The number of unbranched alkanes of at least 4 members (excludes halogenated alkanes) is 4. The Kier molecular flexibility index (Phi) is 29.3. The van der Waals surface area contributed by atoms with Gasteiger partial charge in [0.25, 0.3) is 0 Å². The molecule has 0 saturated carbocycles. The molecule has 71 heavy (non-hydrogen) atoms. The molecule has 1 saturated heterocycles. The third-order valence-electron chi connectivity index (χ3n) is 12.4. The van der Waals surface area contributed by atoms with E-state index in [1.807, 2.05) is 0 Å². The summed E-state index contributed by atoms with van der Waals surface area (Å²) in [4.78, 5) is 136. The van der Waals surface area contributed by atoms with Crippen molar-refractivity contribution in [1.29, 1.82) is 0 Å². The summed E-state index contributed by atoms with van der Waals surface area (Å²) in [5, 5.41) is 37.7. The van der Waals surface area contributed by atoms with Crippen LogP contribution in [0.15, 0.2) is 0 Å². The SMILES string of the molecule is CCC(C)CCCCCCC[C@@H]1CC(=O)N[C@@H](CCC(=O)O)C(=O)N[C@@H](CC(C)C)C(=O)N[C@H](CC(C)C)C(=O)N[C@@H](C(C)C)C(=O)N[C@@H](CC(=O)O)C(=O)N[C@H](CC(C)C)C(=O)N[C@@H](C(C)C)C(=O)O1. The van der Waals surface area contributed by atoms with Crippen molar-refractivity contribution in [3.8, 4) is 0 Å². The third-order valence-corrected chi connectivity index (χ3v) is 12.4. The number of carbonyl (C=O) groups is 10. The number of esters is 1. The first-order valence-corrected chi connectivity index (χ1v) is 25.9. The van der Waals surface area contributed by atoms with Crippen LogP contribution in [-0.4, -0.2) is 118 Å². The van der Waals surface area contributed by atoms with Crippen LogP contribution in [0.3, 0.4) is 0 Å². The number of aliphatic carboxylic acids is 2. The molecule has 0 radical (unpaired) electrons. The minimum Gasteiger partial charge on any atom is -0.481 e. The van der Waals surface area contributed by atoms with E-state index in [9.17, 15) is 58.2 Å². The molecular weight excluding hydrogens is 919 g/mol. The molecule has 1 heterocycles. The molecule has 7 amide bonds. The molecule has 0 aromatic rings. The fraction of sp³-hybridized carbons (Fsp3) is 0.804. The van der Waals surface area contributed by atoms with Crippen molar-refractivity contribution in [3.63, 3.8) is 0 Å². The highest BCUT2D eigenvalue weighted by Crippen LogP contribution is 2.19. The Morgan fingerprint density at radius 2 is 0.930 bits per heavy atom. The molecule has 9 atom stereocenters. The molecule has 0 aromatic heterocycles. The summed E-state index contributed by atoms with van der Waals surface area (Å²) < 4.78 is 5.99. The van der Waals surface area contributed by atoms with Gasteiger partial charge in [-0.3, -0.25) is 43.2 Å². The van der Waals surface area contributed by atoms with E-state index in [1.54, 1.807) is 69.2 Å². The van der Waals surface area contributed by atoms with E-state index in [-0.39, 0.29) is 49.9 Å². The Bertz CT molecular complexity index is 1770. The molecule has 20 heteroatoms. The van der Waals surface area contributed by atoms with Crippen molar-refractivity contribution < 1.29 is 62.9 Å². The summed E-state index contributed by atoms with van der Waals surface area (Å²) in [5.41, 5.74) is 0. The highest BCUT2D eigenvalue weighted by atomic mass is 16.5. The zero-order chi connectivity index (χ0) is 54.1. The quantitative estimate of drug-likeness (QED) is 0.0542. The summed E-state index contributed by atoms with van der Waals surface area (Å²) in [6.45, 7) is 21.7. The molecule has 0 bridgehead atoms. The molecule has 406 valence electrons. The number of carboxylic acid groups (broad SMARTS) is 2. The second-order valence-corrected chi connectivity index (χ2v) is 21.4. The Morgan fingerprint density at radius 3 is 1.38 bits per heavy atom. The van der Waals surface area contributed by atoms with Crippen LogP contribution in [0.5, 0.6) is 0 Å². The number of rotatable bonds is 22. The van der Waals surface area contributed by atoms with Gasteiger partial charge in [0.2, 0.25) is 41.4 Å². The smallest absolute Gasteiger partial charge is 0.329 e. The predicted molar refractivity (Wildman–Crippen MR) is 267 cm³/mol. The normalized spacial score (nSPS) is 24.7. The van der Waals surface area contributed by atoms with Crippen molar-refractivity contribution in [1.82, 2.24) is 37.2 Å². The molecule has 1 aliphatic heterocycles. The lowest BCUT2D eigenvalue weighted by Crippen LogP contribution is -2.61. The number of nitrogens with one attached hydrogen (secondary N) is 7. The monoisotopic (exact) mass is 1010 g/mol. The first kappa shape index (κ1) is 63.7. The first-order chi connectivity index (χ1) is 33.1. The molecule has 0 aromatic carbocycles. The van der Waals surface area contributed by atoms with Crippen LogP contribution in [0.1, 0.15) is 179 Å². The molecule has 0 aliphatic carbocycles.